The molecule has 2 N–H and O–H groups in total. The largest absolute Gasteiger partial charge is 0.377 e. The third kappa shape index (κ3) is 8.25. The highest BCUT2D eigenvalue weighted by Gasteiger charge is 2.21. The molecule has 0 saturated carbocycles. The molecule has 3 heterocycles. The topological polar surface area (TPSA) is 71.0 Å². The van der Waals surface area contributed by atoms with Gasteiger partial charge in [0.15, 0.2) is 5.96 Å². The number of piperidine rings is 1. The maximum Gasteiger partial charge on any atom is 0.191 e. The second-order valence-electron chi connectivity index (χ2n) is 7.51. The molecule has 0 bridgehead atoms. The summed E-state index contributed by atoms with van der Waals surface area (Å²) in [6, 6.07) is 6.66. The van der Waals surface area contributed by atoms with E-state index in [4.69, 9.17) is 9.47 Å². The molecule has 3 rings (SSSR count). The number of aliphatic imine (C=N–C) groups is 1. The zero-order chi connectivity index (χ0) is 19.6. The van der Waals surface area contributed by atoms with Crippen molar-refractivity contribution in [3.05, 3.63) is 23.9 Å². The van der Waals surface area contributed by atoms with Gasteiger partial charge in [0.05, 0.1) is 25.9 Å². The Labute approximate surface area is 192 Å². The van der Waals surface area contributed by atoms with Crippen molar-refractivity contribution in [3.63, 3.8) is 0 Å². The number of guanidine groups is 1. The highest BCUT2D eigenvalue weighted by molar-refractivity contribution is 14.0. The highest BCUT2D eigenvalue weighted by Crippen LogP contribution is 2.18. The predicted octanol–water partition coefficient (Wildman–Crippen LogP) is 2.73. The summed E-state index contributed by atoms with van der Waals surface area (Å²) in [5.41, 5.74) is 1.07. The molecule has 2 saturated heterocycles. The first-order chi connectivity index (χ1) is 13.7. The number of halogens is 1. The van der Waals surface area contributed by atoms with E-state index in [2.05, 4.69) is 44.6 Å². The van der Waals surface area contributed by atoms with Gasteiger partial charge in [0.25, 0.3) is 0 Å². The maximum absolute atomic E-state index is 5.71. The summed E-state index contributed by atoms with van der Waals surface area (Å²) in [5.74, 6) is 1.97. The smallest absolute Gasteiger partial charge is 0.191 e. The van der Waals surface area contributed by atoms with Crippen molar-refractivity contribution in [1.82, 2.24) is 15.6 Å². The van der Waals surface area contributed by atoms with Gasteiger partial charge in [-0.3, -0.25) is 4.99 Å². The standard InChI is InChI=1S/C21H35N5O2.HI/c1-3-22-21(23-11-15-27-16-19-7-5-14-28-19)25-18-9-12-26(13-10-18)20-8-4-6-17(2)24-20;/h4,6,8,18-19H,3,5,7,9-16H2,1-2H3,(H2,22,23,25);1H. The number of hydrogen-bond acceptors (Lipinski definition) is 5. The molecule has 1 aromatic heterocycles. The first kappa shape index (κ1) is 24.1. The van der Waals surface area contributed by atoms with Crippen molar-refractivity contribution in [3.8, 4) is 0 Å². The molecule has 0 aliphatic carbocycles. The van der Waals surface area contributed by atoms with Crippen LogP contribution in [0.4, 0.5) is 5.82 Å². The normalized spacial score (nSPS) is 20.4. The number of ether oxygens (including phenoxy) is 2. The molecule has 1 aromatic rings. The molecule has 0 amide bonds. The van der Waals surface area contributed by atoms with Crippen molar-refractivity contribution >= 4 is 35.8 Å². The van der Waals surface area contributed by atoms with Gasteiger partial charge in [-0.15, -0.1) is 24.0 Å². The molecule has 1 unspecified atom stereocenters. The Morgan fingerprint density at radius 2 is 2.14 bits per heavy atom. The Morgan fingerprint density at radius 3 is 2.83 bits per heavy atom. The molecule has 29 heavy (non-hydrogen) atoms. The summed E-state index contributed by atoms with van der Waals surface area (Å²) in [6.45, 7) is 9.87. The third-order valence-electron chi connectivity index (χ3n) is 5.21. The van der Waals surface area contributed by atoms with Crippen molar-refractivity contribution in [1.29, 1.82) is 0 Å². The molecule has 0 aromatic carbocycles. The molecule has 7 nitrogen and oxygen atoms in total. The monoisotopic (exact) mass is 517 g/mol. The number of aromatic nitrogens is 1. The van der Waals surface area contributed by atoms with E-state index in [1.54, 1.807) is 0 Å². The van der Waals surface area contributed by atoms with Gasteiger partial charge >= 0.3 is 0 Å². The van der Waals surface area contributed by atoms with E-state index in [0.717, 1.165) is 69.4 Å². The summed E-state index contributed by atoms with van der Waals surface area (Å²) < 4.78 is 11.3. The van der Waals surface area contributed by atoms with Gasteiger partial charge in [0, 0.05) is 38.0 Å². The van der Waals surface area contributed by atoms with Crippen LogP contribution in [0.2, 0.25) is 0 Å². The number of rotatable bonds is 8. The molecule has 2 aliphatic rings. The second-order valence-corrected chi connectivity index (χ2v) is 7.51. The van der Waals surface area contributed by atoms with Crippen molar-refractivity contribution in [2.24, 2.45) is 4.99 Å². The quantitative estimate of drug-likeness (QED) is 0.239. The Bertz CT molecular complexity index is 617. The number of aryl methyl sites for hydroxylation is 1. The predicted molar refractivity (Wildman–Crippen MR) is 129 cm³/mol. The minimum atomic E-state index is 0. The van der Waals surface area contributed by atoms with Crippen molar-refractivity contribution in [2.75, 3.05) is 50.9 Å². The van der Waals surface area contributed by atoms with Gasteiger partial charge < -0.3 is 25.0 Å². The Kier molecular flexibility index (Phi) is 11.0. The van der Waals surface area contributed by atoms with Gasteiger partial charge in [0.2, 0.25) is 0 Å². The summed E-state index contributed by atoms with van der Waals surface area (Å²) in [5, 5.41) is 6.93. The van der Waals surface area contributed by atoms with Crippen LogP contribution in [0.25, 0.3) is 0 Å². The molecule has 0 radical (unpaired) electrons. The van der Waals surface area contributed by atoms with E-state index < -0.39 is 0 Å². The van der Waals surface area contributed by atoms with Gasteiger partial charge in [-0.05, 0) is 51.7 Å². The van der Waals surface area contributed by atoms with Gasteiger partial charge in [-0.2, -0.15) is 0 Å². The number of nitrogens with zero attached hydrogens (tertiary/aromatic N) is 3. The van der Waals surface area contributed by atoms with Crippen LogP contribution in [0.15, 0.2) is 23.2 Å². The fourth-order valence-corrected chi connectivity index (χ4v) is 3.68. The minimum Gasteiger partial charge on any atom is -0.377 e. The fraction of sp³-hybridized carbons (Fsp3) is 0.714. The van der Waals surface area contributed by atoms with Crippen molar-refractivity contribution < 1.29 is 9.47 Å². The summed E-state index contributed by atoms with van der Waals surface area (Å²) in [6.07, 6.45) is 4.71. The third-order valence-corrected chi connectivity index (χ3v) is 5.21. The van der Waals surface area contributed by atoms with Gasteiger partial charge in [-0.25, -0.2) is 4.98 Å². The average molecular weight is 517 g/mol. The Morgan fingerprint density at radius 1 is 1.31 bits per heavy atom. The molecule has 2 fully saturated rings. The molecule has 164 valence electrons. The molecule has 8 heteroatoms. The zero-order valence-electron chi connectivity index (χ0n) is 17.7. The number of nitrogens with one attached hydrogen (secondary N) is 2. The van der Waals surface area contributed by atoms with Crippen LogP contribution in [-0.4, -0.2) is 69.1 Å². The van der Waals surface area contributed by atoms with Gasteiger partial charge in [0.1, 0.15) is 5.82 Å². The Hall–Kier alpha value is -1.13. The van der Waals surface area contributed by atoms with Crippen LogP contribution >= 0.6 is 24.0 Å². The van der Waals surface area contributed by atoms with Crippen LogP contribution in [0.1, 0.15) is 38.3 Å². The second kappa shape index (κ2) is 13.2. The zero-order valence-corrected chi connectivity index (χ0v) is 20.1. The summed E-state index contributed by atoms with van der Waals surface area (Å²) in [4.78, 5) is 11.7. The van der Waals surface area contributed by atoms with Crippen LogP contribution in [0.3, 0.4) is 0 Å². The molecule has 0 spiro atoms. The lowest BCUT2D eigenvalue weighted by atomic mass is 10.1. The van der Waals surface area contributed by atoms with E-state index in [-0.39, 0.29) is 30.1 Å². The van der Waals surface area contributed by atoms with Crippen LogP contribution in [-0.2, 0) is 9.47 Å². The SMILES string of the molecule is CCNC(=NCCOCC1CCCO1)NC1CCN(c2cccc(C)n2)CC1.I. The first-order valence-corrected chi connectivity index (χ1v) is 10.7. The average Bonchev–Trinajstić information content (AvgIpc) is 3.22. The van der Waals surface area contributed by atoms with E-state index in [1.165, 1.54) is 0 Å². The molecular weight excluding hydrogens is 481 g/mol. The van der Waals surface area contributed by atoms with Crippen molar-refractivity contribution in [2.45, 2.75) is 51.7 Å². The lowest BCUT2D eigenvalue weighted by Crippen LogP contribution is -2.49. The summed E-state index contributed by atoms with van der Waals surface area (Å²) in [7, 11) is 0. The van der Waals surface area contributed by atoms with E-state index in [1.807, 2.05) is 13.0 Å². The fourth-order valence-electron chi connectivity index (χ4n) is 3.68. The van der Waals surface area contributed by atoms with Crippen LogP contribution < -0.4 is 15.5 Å². The molecule has 2 aliphatic heterocycles. The highest BCUT2D eigenvalue weighted by atomic mass is 127. The molecular formula is C21H36IN5O2. The van der Waals surface area contributed by atoms with E-state index in [0.29, 0.717) is 25.8 Å². The molecule has 1 atom stereocenters. The minimum absolute atomic E-state index is 0. The Balaban J connectivity index is 0.00000300. The number of hydrogen-bond donors (Lipinski definition) is 2. The number of anilines is 1. The van der Waals surface area contributed by atoms with Gasteiger partial charge in [-0.1, -0.05) is 6.07 Å². The van der Waals surface area contributed by atoms with Crippen LogP contribution in [0.5, 0.6) is 0 Å². The summed E-state index contributed by atoms with van der Waals surface area (Å²) >= 11 is 0. The van der Waals surface area contributed by atoms with E-state index >= 15 is 0 Å². The maximum atomic E-state index is 5.71. The number of pyridine rings is 1. The lowest BCUT2D eigenvalue weighted by Gasteiger charge is -2.34. The first-order valence-electron chi connectivity index (χ1n) is 10.7. The van der Waals surface area contributed by atoms with E-state index in [9.17, 15) is 0 Å². The van der Waals surface area contributed by atoms with Crippen LogP contribution in [0, 0.1) is 6.92 Å². The lowest BCUT2D eigenvalue weighted by molar-refractivity contribution is 0.0200.